The zero-order chi connectivity index (χ0) is 15.4. The van der Waals surface area contributed by atoms with Crippen molar-refractivity contribution in [2.45, 2.75) is 11.3 Å². The fourth-order valence-electron chi connectivity index (χ4n) is 1.82. The summed E-state index contributed by atoms with van der Waals surface area (Å²) >= 11 is 8.17. The number of halogens is 1. The van der Waals surface area contributed by atoms with Gasteiger partial charge in [-0.25, -0.2) is 0 Å². The summed E-state index contributed by atoms with van der Waals surface area (Å²) in [5.74, 6) is -0.136. The lowest BCUT2D eigenvalue weighted by Crippen LogP contribution is -2.17. The van der Waals surface area contributed by atoms with Crippen molar-refractivity contribution in [1.82, 2.24) is 5.32 Å². The molecule has 0 aromatic carbocycles. The van der Waals surface area contributed by atoms with Crippen LogP contribution in [0.3, 0.4) is 0 Å². The highest BCUT2D eigenvalue weighted by molar-refractivity contribution is 9.11. The molecule has 0 spiro atoms. The van der Waals surface area contributed by atoms with Gasteiger partial charge in [-0.3, -0.25) is 4.79 Å². The average Bonchev–Trinajstić information content (AvgIpc) is 3.02. The predicted molar refractivity (Wildman–Crippen MR) is 98.1 cm³/mol. The third-order valence-electron chi connectivity index (χ3n) is 2.82. The number of anilines is 2. The zero-order valence-electron chi connectivity index (χ0n) is 11.7. The Morgan fingerprint density at radius 3 is 2.76 bits per heavy atom. The van der Waals surface area contributed by atoms with Crippen LogP contribution in [0.25, 0.3) is 0 Å². The van der Waals surface area contributed by atoms with Crippen molar-refractivity contribution < 1.29 is 4.79 Å². The van der Waals surface area contributed by atoms with E-state index in [-0.39, 0.29) is 5.91 Å². The first kappa shape index (κ1) is 16.7. The molecule has 0 atom stereocenters. The van der Waals surface area contributed by atoms with Crippen LogP contribution in [0.2, 0.25) is 0 Å². The Labute approximate surface area is 144 Å². The van der Waals surface area contributed by atoms with E-state index in [1.54, 1.807) is 30.1 Å². The zero-order valence-corrected chi connectivity index (χ0v) is 15.7. The summed E-state index contributed by atoms with van der Waals surface area (Å²) in [7, 11) is 1.61. The van der Waals surface area contributed by atoms with Crippen LogP contribution in [-0.4, -0.2) is 25.8 Å². The first-order valence-corrected chi connectivity index (χ1v) is 9.88. The second-order valence-electron chi connectivity index (χ2n) is 4.17. The van der Waals surface area contributed by atoms with Crippen LogP contribution < -0.4 is 16.4 Å². The highest BCUT2D eigenvalue weighted by Crippen LogP contribution is 2.41. The van der Waals surface area contributed by atoms with E-state index < -0.39 is 0 Å². The smallest absolute Gasteiger partial charge is 0.263 e. The van der Waals surface area contributed by atoms with Gasteiger partial charge in [0.1, 0.15) is 9.88 Å². The third kappa shape index (κ3) is 3.94. The van der Waals surface area contributed by atoms with Crippen molar-refractivity contribution in [2.24, 2.45) is 0 Å². The van der Waals surface area contributed by atoms with Crippen LogP contribution in [0.1, 0.15) is 14.5 Å². The van der Waals surface area contributed by atoms with Crippen LogP contribution in [0, 0.1) is 0 Å². The number of nitrogens with one attached hydrogen (secondary N) is 2. The van der Waals surface area contributed by atoms with Gasteiger partial charge in [0.15, 0.2) is 0 Å². The standard InChI is InChI=1S/C13H16BrN3OS3/c1-16-12(18)10-9(15)11(19-2)13(21-10)17-6-5-7-3-4-8(14)20-7/h3-4,17H,5-6,15H2,1-2H3,(H,16,18). The quantitative estimate of drug-likeness (QED) is 0.637. The number of amides is 1. The Balaban J connectivity index is 2.07. The Kier molecular flexibility index (Phi) is 5.98. The molecule has 114 valence electrons. The molecule has 0 bridgehead atoms. The molecule has 0 fully saturated rings. The molecule has 2 heterocycles. The molecule has 0 aliphatic rings. The molecule has 0 saturated heterocycles. The van der Waals surface area contributed by atoms with E-state index in [1.807, 2.05) is 6.26 Å². The van der Waals surface area contributed by atoms with Crippen molar-refractivity contribution >= 4 is 67.0 Å². The van der Waals surface area contributed by atoms with Gasteiger partial charge in [-0.2, -0.15) is 0 Å². The van der Waals surface area contributed by atoms with Crippen molar-refractivity contribution in [3.8, 4) is 0 Å². The number of thioether (sulfide) groups is 1. The maximum atomic E-state index is 11.8. The molecule has 0 aliphatic heterocycles. The molecular formula is C13H16BrN3OS3. The maximum Gasteiger partial charge on any atom is 0.263 e. The minimum Gasteiger partial charge on any atom is -0.396 e. The van der Waals surface area contributed by atoms with Crippen LogP contribution in [0.5, 0.6) is 0 Å². The fraction of sp³-hybridized carbons (Fsp3) is 0.308. The number of carbonyl (C=O) groups is 1. The van der Waals surface area contributed by atoms with Gasteiger partial charge in [-0.15, -0.1) is 34.4 Å². The molecule has 1 amide bonds. The van der Waals surface area contributed by atoms with Crippen LogP contribution in [0.4, 0.5) is 10.7 Å². The van der Waals surface area contributed by atoms with Gasteiger partial charge in [0.2, 0.25) is 0 Å². The number of carbonyl (C=O) groups excluding carboxylic acids is 1. The molecule has 21 heavy (non-hydrogen) atoms. The van der Waals surface area contributed by atoms with E-state index in [9.17, 15) is 4.79 Å². The maximum absolute atomic E-state index is 11.8. The molecule has 4 nitrogen and oxygen atoms in total. The average molecular weight is 406 g/mol. The summed E-state index contributed by atoms with van der Waals surface area (Å²) in [6.07, 6.45) is 2.91. The largest absolute Gasteiger partial charge is 0.396 e. The summed E-state index contributed by atoms with van der Waals surface area (Å²) in [6.45, 7) is 0.813. The van der Waals surface area contributed by atoms with E-state index in [1.165, 1.54) is 16.2 Å². The summed E-state index contributed by atoms with van der Waals surface area (Å²) in [4.78, 5) is 14.6. The monoisotopic (exact) mass is 405 g/mol. The van der Waals surface area contributed by atoms with Crippen molar-refractivity contribution in [1.29, 1.82) is 0 Å². The summed E-state index contributed by atoms with van der Waals surface area (Å²) < 4.78 is 1.14. The van der Waals surface area contributed by atoms with Gasteiger partial charge >= 0.3 is 0 Å². The summed E-state index contributed by atoms with van der Waals surface area (Å²) in [5, 5.41) is 6.98. The second kappa shape index (κ2) is 7.53. The number of thiophene rings is 2. The molecule has 2 aromatic heterocycles. The number of hydrogen-bond donors (Lipinski definition) is 3. The molecule has 8 heteroatoms. The van der Waals surface area contributed by atoms with Gasteiger partial charge in [0.05, 0.1) is 14.4 Å². The lowest BCUT2D eigenvalue weighted by Gasteiger charge is -2.05. The Morgan fingerprint density at radius 1 is 1.43 bits per heavy atom. The normalized spacial score (nSPS) is 10.6. The van der Waals surface area contributed by atoms with Gasteiger partial charge in [-0.1, -0.05) is 0 Å². The highest BCUT2D eigenvalue weighted by Gasteiger charge is 2.19. The predicted octanol–water partition coefficient (Wildman–Crippen LogP) is 3.89. The van der Waals surface area contributed by atoms with Crippen LogP contribution >= 0.6 is 50.4 Å². The minimum atomic E-state index is -0.136. The van der Waals surface area contributed by atoms with Gasteiger partial charge in [0.25, 0.3) is 5.91 Å². The Morgan fingerprint density at radius 2 is 2.19 bits per heavy atom. The van der Waals surface area contributed by atoms with Gasteiger partial charge < -0.3 is 16.4 Å². The fourth-order valence-corrected chi connectivity index (χ4v) is 5.30. The van der Waals surface area contributed by atoms with Gasteiger partial charge in [0, 0.05) is 18.5 Å². The highest BCUT2D eigenvalue weighted by atomic mass is 79.9. The van der Waals surface area contributed by atoms with E-state index >= 15 is 0 Å². The minimum absolute atomic E-state index is 0.136. The molecule has 4 N–H and O–H groups in total. The molecule has 0 radical (unpaired) electrons. The SMILES string of the molecule is CNC(=O)c1sc(NCCc2ccc(Br)s2)c(SC)c1N. The van der Waals surface area contributed by atoms with E-state index in [4.69, 9.17) is 5.73 Å². The van der Waals surface area contributed by atoms with Crippen LogP contribution in [-0.2, 0) is 6.42 Å². The van der Waals surface area contributed by atoms with Crippen LogP contribution in [0.15, 0.2) is 20.8 Å². The number of nitrogen functional groups attached to an aromatic ring is 1. The number of nitrogens with two attached hydrogens (primary N) is 1. The van der Waals surface area contributed by atoms with Crippen molar-refractivity contribution in [3.63, 3.8) is 0 Å². The van der Waals surface area contributed by atoms with Crippen molar-refractivity contribution in [2.75, 3.05) is 30.9 Å². The molecular weight excluding hydrogens is 390 g/mol. The molecule has 2 rings (SSSR count). The Hall–Kier alpha value is -0.700. The lowest BCUT2D eigenvalue weighted by atomic mass is 10.3. The lowest BCUT2D eigenvalue weighted by molar-refractivity contribution is 0.0968. The topological polar surface area (TPSA) is 67.2 Å². The summed E-state index contributed by atoms with van der Waals surface area (Å²) in [6, 6.07) is 4.17. The Bertz CT molecular complexity index is 639. The van der Waals surface area contributed by atoms with Crippen molar-refractivity contribution in [3.05, 3.63) is 25.7 Å². The first-order chi connectivity index (χ1) is 10.1. The summed E-state index contributed by atoms with van der Waals surface area (Å²) in [5.41, 5.74) is 6.63. The third-order valence-corrected chi connectivity index (χ3v) is 6.63. The van der Waals surface area contributed by atoms with E-state index in [0.29, 0.717) is 10.6 Å². The molecule has 0 saturated carbocycles. The van der Waals surface area contributed by atoms with Gasteiger partial charge in [-0.05, 0) is 40.7 Å². The molecule has 0 unspecified atom stereocenters. The number of rotatable bonds is 6. The second-order valence-corrected chi connectivity index (χ2v) is 8.55. The van der Waals surface area contributed by atoms with E-state index in [2.05, 4.69) is 38.7 Å². The first-order valence-electron chi connectivity index (χ1n) is 6.23. The van der Waals surface area contributed by atoms with E-state index in [0.717, 1.165) is 26.6 Å². The number of hydrogen-bond acceptors (Lipinski definition) is 6. The molecule has 2 aromatic rings. The molecule has 0 aliphatic carbocycles.